The number of amides is 2. The van der Waals surface area contributed by atoms with E-state index in [1.54, 1.807) is 23.1 Å². The largest absolute Gasteiger partial charge is 0.325 e. The molecule has 5 nitrogen and oxygen atoms in total. The molecular formula is C13H11Cl2N3O2S. The molecule has 0 spiro atoms. The second kappa shape index (κ2) is 5.87. The number of aliphatic imine (C=N–C) groups is 1. The summed E-state index contributed by atoms with van der Waals surface area (Å²) in [6.07, 6.45) is 0.0952. The van der Waals surface area contributed by atoms with Crippen molar-refractivity contribution < 1.29 is 9.59 Å². The van der Waals surface area contributed by atoms with E-state index in [0.717, 1.165) is 5.17 Å². The number of nitrogens with one attached hydrogen (secondary N) is 1. The summed E-state index contributed by atoms with van der Waals surface area (Å²) in [5.74, 6) is -0.305. The van der Waals surface area contributed by atoms with E-state index in [1.807, 2.05) is 0 Å². The van der Waals surface area contributed by atoms with Crippen LogP contribution in [0.4, 0.5) is 5.69 Å². The van der Waals surface area contributed by atoms with Crippen LogP contribution in [0.3, 0.4) is 0 Å². The van der Waals surface area contributed by atoms with Crippen LogP contribution in [0.5, 0.6) is 0 Å². The van der Waals surface area contributed by atoms with Gasteiger partial charge in [0.2, 0.25) is 11.8 Å². The summed E-state index contributed by atoms with van der Waals surface area (Å²) in [5, 5.41) is 3.88. The Kier molecular flexibility index (Phi) is 4.10. The van der Waals surface area contributed by atoms with Crippen molar-refractivity contribution in [2.24, 2.45) is 4.99 Å². The summed E-state index contributed by atoms with van der Waals surface area (Å²) >= 11 is 13.1. The number of hydrogen-bond acceptors (Lipinski definition) is 4. The lowest BCUT2D eigenvalue weighted by Gasteiger charge is -2.11. The van der Waals surface area contributed by atoms with Gasteiger partial charge in [-0.25, -0.2) is 0 Å². The van der Waals surface area contributed by atoms with Crippen molar-refractivity contribution in [3.05, 3.63) is 28.2 Å². The minimum atomic E-state index is -0.407. The van der Waals surface area contributed by atoms with Crippen molar-refractivity contribution in [1.82, 2.24) is 4.90 Å². The summed E-state index contributed by atoms with van der Waals surface area (Å²) in [6.45, 7) is 1.26. The van der Waals surface area contributed by atoms with Gasteiger partial charge in [0, 0.05) is 18.0 Å². The quantitative estimate of drug-likeness (QED) is 0.917. The maximum Gasteiger partial charge on any atom is 0.242 e. The van der Waals surface area contributed by atoms with E-state index >= 15 is 0 Å². The molecule has 0 unspecified atom stereocenters. The second-order valence-electron chi connectivity index (χ2n) is 4.64. The number of carbonyl (C=O) groups excluding carboxylic acids is 2. The predicted molar refractivity (Wildman–Crippen MR) is 85.1 cm³/mol. The molecule has 2 aliphatic rings. The molecule has 0 aromatic heterocycles. The highest BCUT2D eigenvalue weighted by molar-refractivity contribution is 8.15. The first-order valence-electron chi connectivity index (χ1n) is 6.32. The van der Waals surface area contributed by atoms with Crippen LogP contribution >= 0.6 is 35.0 Å². The zero-order chi connectivity index (χ0) is 15.0. The number of benzene rings is 1. The average Bonchev–Trinajstić information content (AvgIpc) is 2.98. The second-order valence-corrected chi connectivity index (χ2v) is 6.65. The molecule has 2 aliphatic heterocycles. The van der Waals surface area contributed by atoms with Gasteiger partial charge in [-0.05, 0) is 18.2 Å². The Morgan fingerprint density at radius 2 is 2.29 bits per heavy atom. The van der Waals surface area contributed by atoms with Crippen molar-refractivity contribution >= 4 is 57.6 Å². The van der Waals surface area contributed by atoms with Gasteiger partial charge in [0.05, 0.1) is 17.3 Å². The first-order valence-corrected chi connectivity index (χ1v) is 7.95. The van der Waals surface area contributed by atoms with Crippen LogP contribution < -0.4 is 5.32 Å². The standard InChI is InChI=1S/C13H11Cl2N3O2S/c14-7-1-2-9(8(15)5-7)17-11(19)6-10-12(20)18-4-3-16-13(18)21-10/h1-2,5,10H,3-4,6H2,(H,17,19)/t10-/m1/s1. The summed E-state index contributed by atoms with van der Waals surface area (Å²) in [5.41, 5.74) is 0.486. The Hall–Kier alpha value is -1.24. The highest BCUT2D eigenvalue weighted by Crippen LogP contribution is 2.32. The average molecular weight is 344 g/mol. The number of amidine groups is 1. The van der Waals surface area contributed by atoms with E-state index in [1.165, 1.54) is 11.8 Å². The van der Waals surface area contributed by atoms with Gasteiger partial charge in [-0.1, -0.05) is 35.0 Å². The molecule has 1 aromatic rings. The van der Waals surface area contributed by atoms with Gasteiger partial charge in [-0.3, -0.25) is 19.5 Å². The van der Waals surface area contributed by atoms with Crippen molar-refractivity contribution in [3.63, 3.8) is 0 Å². The first-order chi connectivity index (χ1) is 10.0. The highest BCUT2D eigenvalue weighted by Gasteiger charge is 2.40. The van der Waals surface area contributed by atoms with Gasteiger partial charge < -0.3 is 5.32 Å². The van der Waals surface area contributed by atoms with Gasteiger partial charge in [0.25, 0.3) is 0 Å². The van der Waals surface area contributed by atoms with Crippen molar-refractivity contribution in [2.75, 3.05) is 18.4 Å². The molecule has 0 radical (unpaired) electrons. The SMILES string of the molecule is O=C(C[C@H]1SC2=NCCN2C1=O)Nc1ccc(Cl)cc1Cl. The maximum atomic E-state index is 12.1. The van der Waals surface area contributed by atoms with Gasteiger partial charge in [-0.2, -0.15) is 0 Å². The van der Waals surface area contributed by atoms with Gasteiger partial charge in [-0.15, -0.1) is 0 Å². The van der Waals surface area contributed by atoms with Crippen molar-refractivity contribution in [3.8, 4) is 0 Å². The molecule has 0 bridgehead atoms. The molecule has 2 amide bonds. The Balaban J connectivity index is 1.63. The van der Waals surface area contributed by atoms with Gasteiger partial charge >= 0.3 is 0 Å². The molecule has 1 N–H and O–H groups in total. The molecule has 1 aromatic carbocycles. The third-order valence-corrected chi connectivity index (χ3v) is 4.93. The fraction of sp³-hybridized carbons (Fsp3) is 0.308. The third-order valence-electron chi connectivity index (χ3n) is 3.17. The first kappa shape index (κ1) is 14.7. The normalized spacial score (nSPS) is 20.5. The van der Waals surface area contributed by atoms with Crippen LogP contribution in [-0.2, 0) is 9.59 Å². The molecule has 2 heterocycles. The predicted octanol–water partition coefficient (Wildman–Crippen LogP) is 2.64. The van der Waals surface area contributed by atoms with Gasteiger partial charge in [0.15, 0.2) is 5.17 Å². The monoisotopic (exact) mass is 343 g/mol. The number of nitrogens with zero attached hydrogens (tertiary/aromatic N) is 2. The Bertz CT molecular complexity index is 650. The lowest BCUT2D eigenvalue weighted by Crippen LogP contribution is -2.32. The molecule has 3 rings (SSSR count). The van der Waals surface area contributed by atoms with E-state index in [9.17, 15) is 9.59 Å². The van der Waals surface area contributed by atoms with Crippen LogP contribution in [-0.4, -0.2) is 40.2 Å². The van der Waals surface area contributed by atoms with Crippen LogP contribution in [0, 0.1) is 0 Å². The van der Waals surface area contributed by atoms with Crippen molar-refractivity contribution in [1.29, 1.82) is 0 Å². The molecule has 1 saturated heterocycles. The molecule has 8 heteroatoms. The van der Waals surface area contributed by atoms with Crippen LogP contribution in [0.25, 0.3) is 0 Å². The summed E-state index contributed by atoms with van der Waals surface area (Å²) < 4.78 is 0. The summed E-state index contributed by atoms with van der Waals surface area (Å²) in [4.78, 5) is 30.0. The van der Waals surface area contributed by atoms with E-state index in [4.69, 9.17) is 23.2 Å². The Morgan fingerprint density at radius 3 is 3.00 bits per heavy atom. The van der Waals surface area contributed by atoms with E-state index in [-0.39, 0.29) is 18.2 Å². The van der Waals surface area contributed by atoms with Crippen LogP contribution in [0.15, 0.2) is 23.2 Å². The van der Waals surface area contributed by atoms with Gasteiger partial charge in [0.1, 0.15) is 5.25 Å². The lowest BCUT2D eigenvalue weighted by atomic mass is 10.2. The molecule has 0 saturated carbocycles. The summed E-state index contributed by atoms with van der Waals surface area (Å²) in [6, 6.07) is 4.83. The number of fused-ring (bicyclic) bond motifs is 1. The number of thioether (sulfide) groups is 1. The maximum absolute atomic E-state index is 12.1. The third kappa shape index (κ3) is 3.02. The van der Waals surface area contributed by atoms with E-state index < -0.39 is 5.25 Å². The number of rotatable bonds is 3. The zero-order valence-corrected chi connectivity index (χ0v) is 13.1. The number of hydrogen-bond donors (Lipinski definition) is 1. The number of carbonyl (C=O) groups is 2. The number of anilines is 1. The fourth-order valence-electron chi connectivity index (χ4n) is 2.17. The van der Waals surface area contributed by atoms with E-state index in [0.29, 0.717) is 28.8 Å². The number of halogens is 2. The van der Waals surface area contributed by atoms with Crippen LogP contribution in [0.1, 0.15) is 6.42 Å². The Labute approximate surface area is 135 Å². The highest BCUT2D eigenvalue weighted by atomic mass is 35.5. The molecule has 1 atom stereocenters. The Morgan fingerprint density at radius 1 is 1.48 bits per heavy atom. The minimum Gasteiger partial charge on any atom is -0.325 e. The fourth-order valence-corrected chi connectivity index (χ4v) is 3.82. The zero-order valence-electron chi connectivity index (χ0n) is 10.8. The van der Waals surface area contributed by atoms with E-state index in [2.05, 4.69) is 10.3 Å². The van der Waals surface area contributed by atoms with Crippen LogP contribution in [0.2, 0.25) is 10.0 Å². The molecule has 110 valence electrons. The molecular weight excluding hydrogens is 333 g/mol. The molecule has 21 heavy (non-hydrogen) atoms. The molecule has 0 aliphatic carbocycles. The molecule has 1 fully saturated rings. The summed E-state index contributed by atoms with van der Waals surface area (Å²) in [7, 11) is 0. The smallest absolute Gasteiger partial charge is 0.242 e. The minimum absolute atomic E-state index is 0.0476. The lowest BCUT2D eigenvalue weighted by molar-refractivity contribution is -0.127. The van der Waals surface area contributed by atoms with Crippen molar-refractivity contribution in [2.45, 2.75) is 11.7 Å². The topological polar surface area (TPSA) is 61.8 Å².